The molecule has 0 spiro atoms. The number of carbonyl (C=O) groups is 10. The Balaban J connectivity index is 1.21. The van der Waals surface area contributed by atoms with Crippen molar-refractivity contribution in [1.82, 2.24) is 52.5 Å². The third kappa shape index (κ3) is 19.3. The van der Waals surface area contributed by atoms with Crippen LogP contribution in [0, 0.1) is 0 Å². The molecular weight excluding hydrogens is 1120 g/mol. The zero-order valence-corrected chi connectivity index (χ0v) is 48.0. The van der Waals surface area contributed by atoms with Gasteiger partial charge < -0.3 is 73.6 Å². The van der Waals surface area contributed by atoms with E-state index >= 15 is 0 Å². The number of rotatable bonds is 32. The number of para-hydroxylation sites is 2. The van der Waals surface area contributed by atoms with E-state index in [0.29, 0.717) is 55.6 Å². The van der Waals surface area contributed by atoms with Gasteiger partial charge in [-0.1, -0.05) is 60.7 Å². The van der Waals surface area contributed by atoms with E-state index in [1.165, 1.54) is 66.8 Å². The zero-order chi connectivity index (χ0) is 60.9. The average Bonchev–Trinajstić information content (AvgIpc) is 4.20. The number of aromatic hydroxyl groups is 2. The van der Waals surface area contributed by atoms with Crippen LogP contribution in [0.25, 0.3) is 21.8 Å². The molecule has 0 saturated carbocycles. The number of phenols is 2. The van der Waals surface area contributed by atoms with Crippen LogP contribution in [0.3, 0.4) is 0 Å². The number of carboxylic acid groups (broad SMARTS) is 1. The molecular formula is C58H69N11O13S2. The molecule has 6 aromatic rings. The molecule has 2 heterocycles. The molecule has 0 aliphatic heterocycles. The Bertz CT molecular complexity index is 3300. The molecule has 0 unspecified atom stereocenters. The van der Waals surface area contributed by atoms with Crippen molar-refractivity contribution in [2.45, 2.75) is 94.2 Å². The van der Waals surface area contributed by atoms with Crippen LogP contribution in [-0.2, 0) is 73.6 Å². The molecule has 0 saturated heterocycles. The summed E-state index contributed by atoms with van der Waals surface area (Å²) in [7, 11) is 0. The predicted molar refractivity (Wildman–Crippen MR) is 317 cm³/mol. The van der Waals surface area contributed by atoms with Gasteiger partial charge in [0.25, 0.3) is 0 Å². The lowest BCUT2D eigenvalue weighted by Crippen LogP contribution is -2.59. The molecule has 0 fully saturated rings. The fourth-order valence-corrected chi connectivity index (χ4v) is 10.1. The molecule has 0 bridgehead atoms. The summed E-state index contributed by atoms with van der Waals surface area (Å²) in [6.07, 6.45) is 5.63. The first-order chi connectivity index (χ1) is 40.2. The third-order valence-electron chi connectivity index (χ3n) is 13.5. The second-order valence-corrected chi connectivity index (χ2v) is 21.8. The van der Waals surface area contributed by atoms with Gasteiger partial charge in [0.15, 0.2) is 0 Å². The maximum absolute atomic E-state index is 14.5. The van der Waals surface area contributed by atoms with Crippen molar-refractivity contribution in [1.29, 1.82) is 0 Å². The molecule has 0 aliphatic carbocycles. The van der Waals surface area contributed by atoms with Crippen molar-refractivity contribution in [3.05, 3.63) is 132 Å². The Hall–Kier alpha value is -9.04. The fraction of sp³-hybridized carbons (Fsp3) is 0.345. The number of carbonyl (C=O) groups excluding carboxylic acids is 9. The summed E-state index contributed by atoms with van der Waals surface area (Å²) in [4.78, 5) is 142. The number of primary amides is 1. The minimum Gasteiger partial charge on any atom is -0.508 e. The molecule has 9 amide bonds. The summed E-state index contributed by atoms with van der Waals surface area (Å²) in [5.41, 5.74) is 9.27. The summed E-state index contributed by atoms with van der Waals surface area (Å²) < 4.78 is 0. The molecule has 0 aliphatic rings. The summed E-state index contributed by atoms with van der Waals surface area (Å²) >= 11 is 2.80. The average molecular weight is 1190 g/mol. The Morgan fingerprint density at radius 3 is 1.33 bits per heavy atom. The number of nitrogens with one attached hydrogen (secondary N) is 10. The van der Waals surface area contributed by atoms with Crippen molar-refractivity contribution in [3.8, 4) is 11.5 Å². The number of nitrogens with two attached hydrogens (primary N) is 1. The predicted octanol–water partition coefficient (Wildman–Crippen LogP) is 1.33. The van der Waals surface area contributed by atoms with E-state index in [4.69, 9.17) is 5.73 Å². The lowest BCUT2D eigenvalue weighted by atomic mass is 10.0. The SMILES string of the molecule is CSCC[C@H](NC(=O)[C@H](Cc1ccc(O)cc1)NC(=O)[C@H](Cc1c[nH]c2ccccc12)NC(=O)CNC(=O)[C@H](CC(=O)O)NC(=O)[C@H](Cc1c[nH]c2ccccc12)NC(=O)[C@H](CCSC)NC(=O)[C@H](Cc1ccc(O)cc1)NC(C)=O)C(N)=O. The number of amides is 9. The van der Waals surface area contributed by atoms with Gasteiger partial charge in [-0.15, -0.1) is 0 Å². The topological polar surface area (TPSA) is 385 Å². The molecule has 26 heteroatoms. The third-order valence-corrected chi connectivity index (χ3v) is 14.8. The van der Waals surface area contributed by atoms with Crippen LogP contribution in [0.2, 0.25) is 0 Å². The molecule has 0 radical (unpaired) electrons. The van der Waals surface area contributed by atoms with Crippen molar-refractivity contribution >= 4 is 104 Å². The second kappa shape index (κ2) is 31.4. The summed E-state index contributed by atoms with van der Waals surface area (Å²) in [6.45, 7) is 0.372. The van der Waals surface area contributed by atoms with Crippen LogP contribution >= 0.6 is 23.5 Å². The monoisotopic (exact) mass is 1190 g/mol. The zero-order valence-electron chi connectivity index (χ0n) is 46.3. The van der Waals surface area contributed by atoms with E-state index in [0.717, 1.165) is 0 Å². The van der Waals surface area contributed by atoms with Crippen LogP contribution in [-0.4, -0.2) is 157 Å². The number of H-pyrrole nitrogens is 2. The summed E-state index contributed by atoms with van der Waals surface area (Å²) in [6, 6.07) is 16.5. The second-order valence-electron chi connectivity index (χ2n) is 19.8. The number of aromatic amines is 2. The number of carboxylic acids is 1. The van der Waals surface area contributed by atoms with Crippen molar-refractivity contribution in [2.24, 2.45) is 5.73 Å². The van der Waals surface area contributed by atoms with E-state index in [1.54, 1.807) is 79.3 Å². The highest BCUT2D eigenvalue weighted by molar-refractivity contribution is 7.98. The summed E-state index contributed by atoms with van der Waals surface area (Å²) in [5.74, 6) is -8.32. The molecule has 15 N–H and O–H groups in total. The first-order valence-electron chi connectivity index (χ1n) is 26.7. The molecule has 446 valence electrons. The first-order valence-corrected chi connectivity index (χ1v) is 29.5. The van der Waals surface area contributed by atoms with Gasteiger partial charge in [0, 0.05) is 66.8 Å². The van der Waals surface area contributed by atoms with Crippen molar-refractivity contribution < 1.29 is 63.3 Å². The largest absolute Gasteiger partial charge is 0.508 e. The number of phenolic OH excluding ortho intramolecular Hbond substituents is 2. The maximum Gasteiger partial charge on any atom is 0.305 e. The molecule has 4 aromatic carbocycles. The van der Waals surface area contributed by atoms with Crippen molar-refractivity contribution in [3.63, 3.8) is 0 Å². The number of aromatic nitrogens is 2. The number of aliphatic carboxylic acids is 1. The molecule has 24 nitrogen and oxygen atoms in total. The molecule has 2 aromatic heterocycles. The minimum absolute atomic E-state index is 0.00672. The van der Waals surface area contributed by atoms with Crippen molar-refractivity contribution in [2.75, 3.05) is 30.6 Å². The maximum atomic E-state index is 14.5. The number of fused-ring (bicyclic) bond motifs is 2. The van der Waals surface area contributed by atoms with Gasteiger partial charge in [-0.25, -0.2) is 0 Å². The van der Waals surface area contributed by atoms with Crippen LogP contribution in [0.15, 0.2) is 109 Å². The Kier molecular flexibility index (Phi) is 24.0. The van der Waals surface area contributed by atoms with Gasteiger partial charge in [0.05, 0.1) is 13.0 Å². The van der Waals surface area contributed by atoms with Gasteiger partial charge in [-0.05, 0) is 95.5 Å². The highest BCUT2D eigenvalue weighted by Crippen LogP contribution is 2.22. The Morgan fingerprint density at radius 2 is 0.881 bits per heavy atom. The van der Waals surface area contributed by atoms with E-state index in [2.05, 4.69) is 52.5 Å². The van der Waals surface area contributed by atoms with Crippen LogP contribution in [0.5, 0.6) is 11.5 Å². The van der Waals surface area contributed by atoms with Gasteiger partial charge >= 0.3 is 5.97 Å². The first kappa shape index (κ1) is 64.1. The summed E-state index contributed by atoms with van der Waals surface area (Å²) in [5, 5.41) is 51.8. The lowest BCUT2D eigenvalue weighted by molar-refractivity contribution is -0.141. The Morgan fingerprint density at radius 1 is 0.488 bits per heavy atom. The van der Waals surface area contributed by atoms with Gasteiger partial charge in [0.2, 0.25) is 53.2 Å². The number of hydrogen-bond acceptors (Lipinski definition) is 14. The van der Waals surface area contributed by atoms with E-state index in [1.807, 2.05) is 6.26 Å². The van der Waals surface area contributed by atoms with Crippen LogP contribution < -0.4 is 48.3 Å². The standard InChI is InChI=1S/C58H69N11O13S2/c1-32(70)63-45(24-33-12-16-37(71)17-13-33)55(79)66-44(21-23-84-3)54(78)68-48(27-36-30-61-42-11-7-5-9-40(36)42)58(82)69-49(28-51(74)75)53(77)62-31-50(73)64-47(26-35-29-60-41-10-6-4-8-39(35)41)57(81)67-46(25-34-14-18-38(72)19-15-34)56(80)65-43(52(59)76)20-22-83-2/h4-19,29-30,43-49,60-61,71-72H,20-28,31H2,1-3H3,(H2,59,76)(H,62,77)(H,63,70)(H,64,73)(H,65,80)(H,66,79)(H,67,81)(H,68,78)(H,69,82)(H,74,75)/t43-,44-,45-,46-,47-,48-,49-/m0/s1. The minimum atomic E-state index is -1.85. The lowest BCUT2D eigenvalue weighted by Gasteiger charge is -2.26. The highest BCUT2D eigenvalue weighted by atomic mass is 32.2. The Labute approximate surface area is 491 Å². The van der Waals surface area contributed by atoms with Crippen LogP contribution in [0.4, 0.5) is 0 Å². The molecule has 84 heavy (non-hydrogen) atoms. The number of hydrogen-bond donors (Lipinski definition) is 14. The molecule has 6 rings (SSSR count). The van der Waals surface area contributed by atoms with E-state index in [-0.39, 0.29) is 50.0 Å². The highest BCUT2D eigenvalue weighted by Gasteiger charge is 2.34. The van der Waals surface area contributed by atoms with E-state index in [9.17, 15) is 63.3 Å². The molecule has 7 atom stereocenters. The van der Waals surface area contributed by atoms with Crippen LogP contribution in [0.1, 0.15) is 48.4 Å². The van der Waals surface area contributed by atoms with Gasteiger partial charge in [-0.2, -0.15) is 23.5 Å². The number of thioether (sulfide) groups is 2. The number of benzene rings is 4. The smallest absolute Gasteiger partial charge is 0.305 e. The van der Waals surface area contributed by atoms with E-state index < -0.39 is 114 Å². The van der Waals surface area contributed by atoms with Gasteiger partial charge in [0.1, 0.15) is 53.8 Å². The quantitative estimate of drug-likeness (QED) is 0.0283. The van der Waals surface area contributed by atoms with Gasteiger partial charge in [-0.3, -0.25) is 47.9 Å². The normalized spacial score (nSPS) is 13.6. The fourth-order valence-electron chi connectivity index (χ4n) is 9.17.